The van der Waals surface area contributed by atoms with Gasteiger partial charge in [-0.05, 0) is 25.8 Å². The zero-order chi connectivity index (χ0) is 16.1. The van der Waals surface area contributed by atoms with E-state index in [-0.39, 0.29) is 5.43 Å². The summed E-state index contributed by atoms with van der Waals surface area (Å²) in [4.78, 5) is 16.0. The third-order valence-corrected chi connectivity index (χ3v) is 4.41. The van der Waals surface area contributed by atoms with Gasteiger partial charge in [-0.15, -0.1) is 0 Å². The summed E-state index contributed by atoms with van der Waals surface area (Å²) in [5.74, 6) is 0.580. The first-order valence-electron chi connectivity index (χ1n) is 7.97. The number of aromatic nitrogens is 1. The van der Waals surface area contributed by atoms with Crippen LogP contribution in [-0.2, 0) is 6.42 Å². The van der Waals surface area contributed by atoms with E-state index in [0.29, 0.717) is 16.2 Å². The molecule has 0 aliphatic heterocycles. The van der Waals surface area contributed by atoms with Crippen LogP contribution in [-0.4, -0.2) is 12.1 Å². The quantitative estimate of drug-likeness (QED) is 0.728. The molecule has 120 valence electrons. The number of pyridine rings is 1. The lowest BCUT2D eigenvalue weighted by Crippen LogP contribution is -2.13. The number of halogens is 1. The minimum Gasteiger partial charge on any atom is -0.495 e. The molecule has 0 bridgehead atoms. The lowest BCUT2D eigenvalue weighted by molar-refractivity contribution is 0.415. The first-order valence-corrected chi connectivity index (χ1v) is 8.35. The molecule has 4 heteroatoms. The second-order valence-corrected chi connectivity index (χ2v) is 6.16. The SMILES string of the molecule is CCCCCCCc1c(C)[nH]c2cc(OC)c(Cl)cc2c1=O. The van der Waals surface area contributed by atoms with Crippen LogP contribution in [0.1, 0.15) is 50.3 Å². The Morgan fingerprint density at radius 2 is 1.91 bits per heavy atom. The van der Waals surface area contributed by atoms with Gasteiger partial charge in [0.2, 0.25) is 0 Å². The fraction of sp³-hybridized carbons (Fsp3) is 0.500. The Balaban J connectivity index is 2.30. The second kappa shape index (κ2) is 7.68. The van der Waals surface area contributed by atoms with Gasteiger partial charge in [0.1, 0.15) is 5.75 Å². The maximum Gasteiger partial charge on any atom is 0.192 e. The molecule has 1 aromatic heterocycles. The molecule has 2 rings (SSSR count). The number of hydrogen-bond donors (Lipinski definition) is 1. The van der Waals surface area contributed by atoms with E-state index in [1.165, 1.54) is 25.7 Å². The Kier molecular flexibility index (Phi) is 5.90. The molecule has 0 saturated heterocycles. The van der Waals surface area contributed by atoms with Crippen LogP contribution in [0.3, 0.4) is 0 Å². The molecular weight excluding hydrogens is 298 g/mol. The summed E-state index contributed by atoms with van der Waals surface area (Å²) >= 11 is 6.15. The first kappa shape index (κ1) is 16.9. The molecule has 1 aromatic carbocycles. The normalized spacial score (nSPS) is 11.1. The molecule has 0 aliphatic rings. The van der Waals surface area contributed by atoms with Crippen LogP contribution in [0.4, 0.5) is 0 Å². The van der Waals surface area contributed by atoms with E-state index in [4.69, 9.17) is 16.3 Å². The number of rotatable bonds is 7. The number of H-pyrrole nitrogens is 1. The Morgan fingerprint density at radius 3 is 2.59 bits per heavy atom. The fourth-order valence-corrected chi connectivity index (χ4v) is 3.06. The molecule has 0 fully saturated rings. The van der Waals surface area contributed by atoms with Crippen LogP contribution < -0.4 is 10.2 Å². The monoisotopic (exact) mass is 321 g/mol. The lowest BCUT2D eigenvalue weighted by Gasteiger charge is -2.10. The predicted octanol–water partition coefficient (Wildman–Crippen LogP) is 5.01. The number of ether oxygens (including phenoxy) is 1. The van der Waals surface area contributed by atoms with E-state index in [1.54, 1.807) is 19.2 Å². The second-order valence-electron chi connectivity index (χ2n) is 5.75. The van der Waals surface area contributed by atoms with E-state index in [2.05, 4.69) is 11.9 Å². The number of aromatic amines is 1. The first-order chi connectivity index (χ1) is 10.6. The summed E-state index contributed by atoms with van der Waals surface area (Å²) in [6.07, 6.45) is 6.79. The molecule has 0 amide bonds. The summed E-state index contributed by atoms with van der Waals surface area (Å²) in [5.41, 5.74) is 2.69. The Labute approximate surface area is 136 Å². The molecule has 0 saturated carbocycles. The summed E-state index contributed by atoms with van der Waals surface area (Å²) < 4.78 is 5.21. The highest BCUT2D eigenvalue weighted by molar-refractivity contribution is 6.32. The van der Waals surface area contributed by atoms with Crippen molar-refractivity contribution in [2.45, 2.75) is 52.4 Å². The fourth-order valence-electron chi connectivity index (χ4n) is 2.82. The van der Waals surface area contributed by atoms with Gasteiger partial charge in [0.15, 0.2) is 5.43 Å². The van der Waals surface area contributed by atoms with Crippen molar-refractivity contribution >= 4 is 22.5 Å². The number of nitrogens with one attached hydrogen (secondary N) is 1. The standard InChI is InChI=1S/C18H24ClNO2/c1-4-5-6-7-8-9-13-12(2)20-16-11-17(22-3)15(19)10-14(16)18(13)21/h10-11H,4-9H2,1-3H3,(H,20,21). The third kappa shape index (κ3) is 3.64. The van der Waals surface area contributed by atoms with Gasteiger partial charge in [0.05, 0.1) is 17.6 Å². The molecular formula is C18H24ClNO2. The predicted molar refractivity (Wildman–Crippen MR) is 93.3 cm³/mol. The largest absolute Gasteiger partial charge is 0.495 e. The van der Waals surface area contributed by atoms with Gasteiger partial charge in [0.25, 0.3) is 0 Å². The molecule has 0 radical (unpaired) electrons. The molecule has 0 atom stereocenters. The van der Waals surface area contributed by atoms with Crippen LogP contribution in [0.5, 0.6) is 5.75 Å². The van der Waals surface area contributed by atoms with Crippen molar-refractivity contribution in [1.29, 1.82) is 0 Å². The maximum atomic E-state index is 12.7. The number of aryl methyl sites for hydroxylation is 1. The van der Waals surface area contributed by atoms with Crippen molar-refractivity contribution in [3.05, 3.63) is 38.6 Å². The molecule has 22 heavy (non-hydrogen) atoms. The van der Waals surface area contributed by atoms with E-state index in [0.717, 1.165) is 29.6 Å². The summed E-state index contributed by atoms with van der Waals surface area (Å²) in [7, 11) is 1.57. The van der Waals surface area contributed by atoms with Crippen molar-refractivity contribution in [2.75, 3.05) is 7.11 Å². The van der Waals surface area contributed by atoms with Crippen molar-refractivity contribution in [1.82, 2.24) is 4.98 Å². The van der Waals surface area contributed by atoms with Crippen LogP contribution >= 0.6 is 11.6 Å². The average Bonchev–Trinajstić information content (AvgIpc) is 2.50. The topological polar surface area (TPSA) is 42.1 Å². The average molecular weight is 322 g/mol. The van der Waals surface area contributed by atoms with Crippen molar-refractivity contribution in [3.8, 4) is 5.75 Å². The zero-order valence-corrected chi connectivity index (χ0v) is 14.3. The van der Waals surface area contributed by atoms with Gasteiger partial charge < -0.3 is 9.72 Å². The van der Waals surface area contributed by atoms with E-state index < -0.39 is 0 Å². The Bertz CT molecular complexity index is 706. The van der Waals surface area contributed by atoms with Gasteiger partial charge in [0, 0.05) is 22.7 Å². The molecule has 0 unspecified atom stereocenters. The Hall–Kier alpha value is -1.48. The highest BCUT2D eigenvalue weighted by Crippen LogP contribution is 2.28. The summed E-state index contributed by atoms with van der Waals surface area (Å²) in [5, 5.41) is 1.11. The number of fused-ring (bicyclic) bond motifs is 1. The molecule has 1 heterocycles. The van der Waals surface area contributed by atoms with Crippen LogP contribution in [0.15, 0.2) is 16.9 Å². The minimum absolute atomic E-state index is 0.0892. The van der Waals surface area contributed by atoms with Crippen LogP contribution in [0, 0.1) is 6.92 Å². The minimum atomic E-state index is 0.0892. The third-order valence-electron chi connectivity index (χ3n) is 4.12. The highest BCUT2D eigenvalue weighted by atomic mass is 35.5. The molecule has 0 aliphatic carbocycles. The molecule has 1 N–H and O–H groups in total. The van der Waals surface area contributed by atoms with Gasteiger partial charge >= 0.3 is 0 Å². The lowest BCUT2D eigenvalue weighted by atomic mass is 10.0. The number of methoxy groups -OCH3 is 1. The molecule has 2 aromatic rings. The van der Waals surface area contributed by atoms with Gasteiger partial charge in [-0.25, -0.2) is 0 Å². The van der Waals surface area contributed by atoms with Crippen molar-refractivity contribution in [2.24, 2.45) is 0 Å². The Morgan fingerprint density at radius 1 is 1.18 bits per heavy atom. The molecule has 0 spiro atoms. The van der Waals surface area contributed by atoms with Gasteiger partial charge in [-0.3, -0.25) is 4.79 Å². The van der Waals surface area contributed by atoms with Gasteiger partial charge in [-0.2, -0.15) is 0 Å². The van der Waals surface area contributed by atoms with E-state index in [1.807, 2.05) is 6.92 Å². The summed E-state index contributed by atoms with van der Waals surface area (Å²) in [6, 6.07) is 3.49. The van der Waals surface area contributed by atoms with Crippen molar-refractivity contribution < 1.29 is 4.74 Å². The number of unbranched alkanes of at least 4 members (excludes halogenated alkanes) is 4. The maximum absolute atomic E-state index is 12.7. The summed E-state index contributed by atoms with van der Waals surface area (Å²) in [6.45, 7) is 4.17. The number of benzene rings is 1. The van der Waals surface area contributed by atoms with Crippen LogP contribution in [0.2, 0.25) is 5.02 Å². The van der Waals surface area contributed by atoms with Crippen LogP contribution in [0.25, 0.3) is 10.9 Å². The van der Waals surface area contributed by atoms with Crippen molar-refractivity contribution in [3.63, 3.8) is 0 Å². The smallest absolute Gasteiger partial charge is 0.192 e. The number of hydrogen-bond acceptors (Lipinski definition) is 2. The van der Waals surface area contributed by atoms with Gasteiger partial charge in [-0.1, -0.05) is 44.2 Å². The van der Waals surface area contributed by atoms with E-state index in [9.17, 15) is 4.79 Å². The molecule has 3 nitrogen and oxygen atoms in total. The highest BCUT2D eigenvalue weighted by Gasteiger charge is 2.12. The zero-order valence-electron chi connectivity index (χ0n) is 13.6. The van der Waals surface area contributed by atoms with E-state index >= 15 is 0 Å².